The molecule has 4 aliphatic carbocycles. The first-order valence-electron chi connectivity index (χ1n) is 9.41. The summed E-state index contributed by atoms with van der Waals surface area (Å²) in [5.41, 5.74) is -0.149. The van der Waals surface area contributed by atoms with Crippen LogP contribution in [0.3, 0.4) is 0 Å². The van der Waals surface area contributed by atoms with Gasteiger partial charge in [0.05, 0.1) is 22.4 Å². The Morgan fingerprint density at radius 2 is 1.76 bits per heavy atom. The summed E-state index contributed by atoms with van der Waals surface area (Å²) in [6.07, 6.45) is 4.92. The van der Waals surface area contributed by atoms with Gasteiger partial charge in [0.25, 0.3) is 5.91 Å². The van der Waals surface area contributed by atoms with E-state index in [9.17, 15) is 9.90 Å². The summed E-state index contributed by atoms with van der Waals surface area (Å²) in [4.78, 5) is 13.1. The predicted molar refractivity (Wildman–Crippen MR) is 97.1 cm³/mol. The molecule has 0 aromatic heterocycles. The summed E-state index contributed by atoms with van der Waals surface area (Å²) in [6, 6.07) is 7.97. The Balaban J connectivity index is 1.53. The number of amides is 1. The van der Waals surface area contributed by atoms with Crippen LogP contribution in [0.2, 0.25) is 5.02 Å². The van der Waals surface area contributed by atoms with Crippen molar-refractivity contribution >= 4 is 23.2 Å². The zero-order valence-corrected chi connectivity index (χ0v) is 15.5. The van der Waals surface area contributed by atoms with Gasteiger partial charge in [-0.3, -0.25) is 9.80 Å². The van der Waals surface area contributed by atoms with Gasteiger partial charge < -0.3 is 5.11 Å². The fraction of sp³-hybridized carbons (Fsp3) is 0.650. The summed E-state index contributed by atoms with van der Waals surface area (Å²) >= 11 is 6.46. The average molecular weight is 361 g/mol. The van der Waals surface area contributed by atoms with Crippen molar-refractivity contribution in [3.8, 4) is 0 Å². The number of anilines is 1. The van der Waals surface area contributed by atoms with E-state index in [1.165, 1.54) is 0 Å². The van der Waals surface area contributed by atoms with Crippen LogP contribution >= 0.6 is 11.6 Å². The number of carbonyl (C=O) groups is 1. The molecule has 5 aliphatic rings. The Morgan fingerprint density at radius 1 is 1.12 bits per heavy atom. The zero-order valence-electron chi connectivity index (χ0n) is 14.8. The lowest BCUT2D eigenvalue weighted by molar-refractivity contribution is -0.190. The van der Waals surface area contributed by atoms with E-state index in [1.54, 1.807) is 0 Å². The number of benzene rings is 1. The van der Waals surface area contributed by atoms with Crippen molar-refractivity contribution in [2.75, 3.05) is 5.01 Å². The van der Waals surface area contributed by atoms with E-state index in [0.717, 1.165) is 37.8 Å². The molecule has 5 fully saturated rings. The molecule has 2 unspecified atom stereocenters. The largest absolute Gasteiger partial charge is 0.390 e. The summed E-state index contributed by atoms with van der Waals surface area (Å²) in [6.45, 7) is 3.94. The quantitative estimate of drug-likeness (QED) is 0.876. The molecule has 25 heavy (non-hydrogen) atoms. The van der Waals surface area contributed by atoms with E-state index in [1.807, 2.05) is 43.1 Å². The highest BCUT2D eigenvalue weighted by atomic mass is 35.5. The van der Waals surface area contributed by atoms with Crippen molar-refractivity contribution < 1.29 is 9.90 Å². The Kier molecular flexibility index (Phi) is 3.14. The molecule has 4 bridgehead atoms. The number of halogens is 1. The molecular formula is C20H25ClN2O2. The Bertz CT molecular complexity index is 733. The van der Waals surface area contributed by atoms with Gasteiger partial charge in [0.2, 0.25) is 0 Å². The number of rotatable bonds is 2. The van der Waals surface area contributed by atoms with Crippen LogP contribution in [0.15, 0.2) is 24.3 Å². The highest BCUT2D eigenvalue weighted by Gasteiger charge is 2.63. The molecule has 0 spiro atoms. The van der Waals surface area contributed by atoms with Crippen LogP contribution in [0, 0.1) is 17.8 Å². The van der Waals surface area contributed by atoms with E-state index in [-0.39, 0.29) is 11.9 Å². The molecule has 0 radical (unpaired) electrons. The van der Waals surface area contributed by atoms with Crippen molar-refractivity contribution in [3.63, 3.8) is 0 Å². The first-order valence-corrected chi connectivity index (χ1v) is 9.79. The second-order valence-corrected chi connectivity index (χ2v) is 9.56. The van der Waals surface area contributed by atoms with Crippen molar-refractivity contribution in [2.24, 2.45) is 17.8 Å². The van der Waals surface area contributed by atoms with Gasteiger partial charge in [-0.1, -0.05) is 23.7 Å². The maximum Gasteiger partial charge on any atom is 0.268 e. The number of hydrazine groups is 1. The van der Waals surface area contributed by atoms with Gasteiger partial charge in [0.1, 0.15) is 5.54 Å². The fourth-order valence-electron chi connectivity index (χ4n) is 6.35. The molecule has 1 amide bonds. The second-order valence-electron chi connectivity index (χ2n) is 9.16. The van der Waals surface area contributed by atoms with Gasteiger partial charge in [-0.15, -0.1) is 0 Å². The normalized spacial score (nSPS) is 41.2. The van der Waals surface area contributed by atoms with E-state index in [4.69, 9.17) is 11.6 Å². The third kappa shape index (κ3) is 2.07. The van der Waals surface area contributed by atoms with Crippen LogP contribution in [0.1, 0.15) is 46.0 Å². The van der Waals surface area contributed by atoms with Crippen LogP contribution in [0.5, 0.6) is 0 Å². The molecule has 134 valence electrons. The average Bonchev–Trinajstić information content (AvgIpc) is 2.53. The van der Waals surface area contributed by atoms with Crippen LogP contribution in [-0.4, -0.2) is 33.2 Å². The lowest BCUT2D eigenvalue weighted by Gasteiger charge is -2.67. The van der Waals surface area contributed by atoms with Crippen LogP contribution in [0.4, 0.5) is 5.69 Å². The Morgan fingerprint density at radius 3 is 2.36 bits per heavy atom. The maximum absolute atomic E-state index is 13.1. The standard InChI is InChI=1S/C20H25ClN2O2/c1-19(2)18(24)22(23(19)16-6-4-3-5-15(16)21)17-13-7-12-8-14(17)11-20(25,9-12)10-13/h3-6,12-14,17,25H,7-11H2,1-2H3. The molecule has 2 atom stereocenters. The van der Waals surface area contributed by atoms with Crippen LogP contribution in [0.25, 0.3) is 0 Å². The van der Waals surface area contributed by atoms with Gasteiger partial charge in [-0.25, -0.2) is 5.01 Å². The van der Waals surface area contributed by atoms with Crippen molar-refractivity contribution in [2.45, 2.75) is 63.1 Å². The molecule has 1 aromatic rings. The SMILES string of the molecule is CC1(C)C(=O)N(C2C3CC4CC2CC(O)(C4)C3)N1c1ccccc1Cl. The first kappa shape index (κ1) is 16.0. The highest BCUT2D eigenvalue weighted by Crippen LogP contribution is 2.59. The van der Waals surface area contributed by atoms with Gasteiger partial charge >= 0.3 is 0 Å². The van der Waals surface area contributed by atoms with E-state index >= 15 is 0 Å². The smallest absolute Gasteiger partial charge is 0.268 e. The summed E-state index contributed by atoms with van der Waals surface area (Å²) in [5.74, 6) is 1.62. The minimum Gasteiger partial charge on any atom is -0.390 e. The number of hydrogen-bond donors (Lipinski definition) is 1. The minimum atomic E-state index is -0.573. The van der Waals surface area contributed by atoms with Crippen LogP contribution in [-0.2, 0) is 4.79 Å². The highest BCUT2D eigenvalue weighted by molar-refractivity contribution is 6.33. The molecular weight excluding hydrogens is 336 g/mol. The van der Waals surface area contributed by atoms with Crippen molar-refractivity contribution in [3.05, 3.63) is 29.3 Å². The topological polar surface area (TPSA) is 43.8 Å². The number of aliphatic hydroxyl groups is 1. The molecule has 4 nitrogen and oxygen atoms in total. The molecule has 1 N–H and O–H groups in total. The molecule has 1 saturated heterocycles. The number of hydrogen-bond acceptors (Lipinski definition) is 3. The van der Waals surface area contributed by atoms with E-state index in [0.29, 0.717) is 22.8 Å². The maximum atomic E-state index is 13.1. The third-order valence-corrected chi connectivity index (χ3v) is 7.35. The van der Waals surface area contributed by atoms with Crippen LogP contribution < -0.4 is 5.01 Å². The van der Waals surface area contributed by atoms with Crippen molar-refractivity contribution in [1.82, 2.24) is 5.01 Å². The number of nitrogens with zero attached hydrogens (tertiary/aromatic N) is 2. The van der Waals surface area contributed by atoms with E-state index in [2.05, 4.69) is 5.01 Å². The fourth-order valence-corrected chi connectivity index (χ4v) is 6.57. The Hall–Kier alpha value is -1.26. The van der Waals surface area contributed by atoms with Gasteiger partial charge in [-0.2, -0.15) is 0 Å². The first-order chi connectivity index (χ1) is 11.8. The summed E-state index contributed by atoms with van der Waals surface area (Å²) < 4.78 is 0. The third-order valence-electron chi connectivity index (χ3n) is 7.03. The van der Waals surface area contributed by atoms with Crippen molar-refractivity contribution in [1.29, 1.82) is 0 Å². The molecule has 6 rings (SSSR count). The zero-order chi connectivity index (χ0) is 17.6. The number of carbonyl (C=O) groups excluding carboxylic acids is 1. The number of para-hydroxylation sites is 1. The summed E-state index contributed by atoms with van der Waals surface area (Å²) in [7, 11) is 0. The van der Waals surface area contributed by atoms with Gasteiger partial charge in [-0.05, 0) is 75.8 Å². The second kappa shape index (κ2) is 4.92. The van der Waals surface area contributed by atoms with Gasteiger partial charge in [0, 0.05) is 0 Å². The monoisotopic (exact) mass is 360 g/mol. The minimum absolute atomic E-state index is 0.178. The molecule has 1 aromatic carbocycles. The summed E-state index contributed by atoms with van der Waals surface area (Å²) in [5, 5.41) is 15.6. The van der Waals surface area contributed by atoms with E-state index < -0.39 is 11.1 Å². The Labute approximate surface area is 153 Å². The predicted octanol–water partition coefficient (Wildman–Crippen LogP) is 3.62. The molecule has 1 aliphatic heterocycles. The lowest BCUT2D eigenvalue weighted by Crippen LogP contribution is -2.81. The lowest BCUT2D eigenvalue weighted by atomic mass is 9.52. The molecule has 4 saturated carbocycles. The molecule has 5 heteroatoms. The van der Waals surface area contributed by atoms with Gasteiger partial charge in [0.15, 0.2) is 0 Å². The molecule has 1 heterocycles.